The molecule has 3 nitrogen and oxygen atoms in total. The van der Waals surface area contributed by atoms with Gasteiger partial charge in [-0.05, 0) is 48.7 Å². The van der Waals surface area contributed by atoms with E-state index in [0.717, 1.165) is 35.6 Å². The van der Waals surface area contributed by atoms with E-state index in [1.165, 1.54) is 11.1 Å². The molecular formula is C24H25NO2S. The van der Waals surface area contributed by atoms with Crippen LogP contribution in [0, 0.1) is 6.92 Å². The Balaban J connectivity index is 1.56. The molecule has 0 aliphatic carbocycles. The molecule has 0 fully saturated rings. The fraction of sp³-hybridized carbons (Fsp3) is 0.208. The van der Waals surface area contributed by atoms with Crippen molar-refractivity contribution in [1.29, 1.82) is 0 Å². The Bertz CT molecular complexity index is 905. The van der Waals surface area contributed by atoms with Crippen molar-refractivity contribution < 1.29 is 9.47 Å². The van der Waals surface area contributed by atoms with Gasteiger partial charge in [0, 0.05) is 6.54 Å². The summed E-state index contributed by atoms with van der Waals surface area (Å²) in [5.74, 6) is 1.66. The summed E-state index contributed by atoms with van der Waals surface area (Å²) in [7, 11) is 1.67. The maximum Gasteiger partial charge on any atom is 0.129 e. The summed E-state index contributed by atoms with van der Waals surface area (Å²) < 4.78 is 11.2. The van der Waals surface area contributed by atoms with Gasteiger partial charge in [-0.3, -0.25) is 0 Å². The van der Waals surface area contributed by atoms with Crippen LogP contribution in [0.3, 0.4) is 0 Å². The van der Waals surface area contributed by atoms with Crippen molar-refractivity contribution in [3.05, 3.63) is 95.1 Å². The molecule has 3 aromatic rings. The first-order chi connectivity index (χ1) is 13.7. The van der Waals surface area contributed by atoms with E-state index in [1.807, 2.05) is 36.4 Å². The van der Waals surface area contributed by atoms with Gasteiger partial charge in [0.25, 0.3) is 0 Å². The molecule has 4 heteroatoms. The number of ether oxygens (including phenoxy) is 2. The maximum absolute atomic E-state index is 6.03. The molecule has 0 aliphatic rings. The van der Waals surface area contributed by atoms with E-state index in [1.54, 1.807) is 7.11 Å². The lowest BCUT2D eigenvalue weighted by Crippen LogP contribution is -2.25. The summed E-state index contributed by atoms with van der Waals surface area (Å²) >= 11 is 5.60. The van der Waals surface area contributed by atoms with Gasteiger partial charge in [0.2, 0.25) is 0 Å². The van der Waals surface area contributed by atoms with E-state index >= 15 is 0 Å². The van der Waals surface area contributed by atoms with Crippen molar-refractivity contribution >= 4 is 17.2 Å². The molecule has 0 saturated carbocycles. The Kier molecular flexibility index (Phi) is 7.04. The normalized spacial score (nSPS) is 10.4. The first-order valence-corrected chi connectivity index (χ1v) is 9.75. The van der Waals surface area contributed by atoms with Gasteiger partial charge in [0.15, 0.2) is 0 Å². The average molecular weight is 392 g/mol. The molecule has 28 heavy (non-hydrogen) atoms. The van der Waals surface area contributed by atoms with Crippen LogP contribution < -0.4 is 14.8 Å². The Morgan fingerprint density at radius 3 is 2.29 bits per heavy atom. The van der Waals surface area contributed by atoms with E-state index < -0.39 is 0 Å². The number of hydrogen-bond acceptors (Lipinski definition) is 3. The first kappa shape index (κ1) is 19.9. The number of benzene rings is 3. The summed E-state index contributed by atoms with van der Waals surface area (Å²) in [6.07, 6.45) is 0.885. The van der Waals surface area contributed by atoms with Gasteiger partial charge < -0.3 is 14.8 Å². The summed E-state index contributed by atoms with van der Waals surface area (Å²) in [5, 5.41) is 3.34. The quantitative estimate of drug-likeness (QED) is 0.542. The Hall–Kier alpha value is -2.85. The minimum Gasteiger partial charge on any atom is -0.497 e. The molecule has 0 aromatic heterocycles. The van der Waals surface area contributed by atoms with Gasteiger partial charge in [0.05, 0.1) is 12.7 Å². The molecule has 144 valence electrons. The van der Waals surface area contributed by atoms with Crippen molar-refractivity contribution in [3.8, 4) is 11.5 Å². The van der Waals surface area contributed by atoms with Crippen molar-refractivity contribution in [2.24, 2.45) is 0 Å². The average Bonchev–Trinajstić information content (AvgIpc) is 2.74. The predicted octanol–water partition coefficient (Wildman–Crippen LogP) is 5.09. The first-order valence-electron chi connectivity index (χ1n) is 9.34. The highest BCUT2D eigenvalue weighted by Gasteiger charge is 2.08. The van der Waals surface area contributed by atoms with Crippen LogP contribution >= 0.6 is 12.2 Å². The number of thiocarbonyl (C=S) groups is 1. The van der Waals surface area contributed by atoms with Crippen LogP contribution in [0.1, 0.15) is 22.3 Å². The second-order valence-electron chi connectivity index (χ2n) is 6.62. The Morgan fingerprint density at radius 2 is 1.57 bits per heavy atom. The monoisotopic (exact) mass is 391 g/mol. The van der Waals surface area contributed by atoms with Crippen molar-refractivity contribution in [3.63, 3.8) is 0 Å². The molecule has 1 N–H and O–H groups in total. The summed E-state index contributed by atoms with van der Waals surface area (Å²) in [6.45, 7) is 3.36. The van der Waals surface area contributed by atoms with Gasteiger partial charge >= 0.3 is 0 Å². The fourth-order valence-corrected chi connectivity index (χ4v) is 3.10. The van der Waals surface area contributed by atoms with Crippen LogP contribution in [0.15, 0.2) is 72.8 Å². The summed E-state index contributed by atoms with van der Waals surface area (Å²) in [4.78, 5) is 0.702. The zero-order valence-corrected chi connectivity index (χ0v) is 17.1. The third-order valence-corrected chi connectivity index (χ3v) is 4.87. The maximum atomic E-state index is 6.03. The molecule has 0 spiro atoms. The summed E-state index contributed by atoms with van der Waals surface area (Å²) in [5.41, 5.74) is 4.53. The standard InChI is InChI=1S/C24H25NO2S/c1-18-7-9-20(10-8-18)17-27-23-6-4-3-5-22(23)24(28)25-16-15-19-11-13-21(26-2)14-12-19/h3-14H,15-17H2,1-2H3,(H,25,28). The van der Waals surface area contributed by atoms with Crippen LogP contribution in [-0.4, -0.2) is 18.6 Å². The fourth-order valence-electron chi connectivity index (χ4n) is 2.83. The van der Waals surface area contributed by atoms with Gasteiger partial charge in [-0.25, -0.2) is 0 Å². The Morgan fingerprint density at radius 1 is 0.893 bits per heavy atom. The predicted molar refractivity (Wildman–Crippen MR) is 118 cm³/mol. The van der Waals surface area contributed by atoms with E-state index in [-0.39, 0.29) is 0 Å². The topological polar surface area (TPSA) is 30.5 Å². The van der Waals surface area contributed by atoms with E-state index in [0.29, 0.717) is 11.6 Å². The number of nitrogens with one attached hydrogen (secondary N) is 1. The lowest BCUT2D eigenvalue weighted by Gasteiger charge is -2.14. The molecule has 0 atom stereocenters. The molecule has 0 radical (unpaired) electrons. The van der Waals surface area contributed by atoms with Crippen LogP contribution in [0.4, 0.5) is 0 Å². The number of para-hydroxylation sites is 1. The van der Waals surface area contributed by atoms with E-state index in [2.05, 4.69) is 48.6 Å². The van der Waals surface area contributed by atoms with Crippen LogP contribution in [-0.2, 0) is 13.0 Å². The van der Waals surface area contributed by atoms with Crippen LogP contribution in [0.2, 0.25) is 0 Å². The number of methoxy groups -OCH3 is 1. The van der Waals surface area contributed by atoms with Crippen molar-refractivity contribution in [2.45, 2.75) is 20.0 Å². The second kappa shape index (κ2) is 9.90. The molecule has 3 rings (SSSR count). The highest BCUT2D eigenvalue weighted by molar-refractivity contribution is 7.80. The third-order valence-electron chi connectivity index (χ3n) is 4.50. The molecule has 0 amide bonds. The zero-order chi connectivity index (χ0) is 19.8. The highest BCUT2D eigenvalue weighted by Crippen LogP contribution is 2.20. The minimum absolute atomic E-state index is 0.520. The SMILES string of the molecule is COc1ccc(CCNC(=S)c2ccccc2OCc2ccc(C)cc2)cc1. The van der Waals surface area contributed by atoms with E-state index in [9.17, 15) is 0 Å². The van der Waals surface area contributed by atoms with Crippen molar-refractivity contribution in [1.82, 2.24) is 5.32 Å². The van der Waals surface area contributed by atoms with Gasteiger partial charge in [-0.1, -0.05) is 66.3 Å². The lowest BCUT2D eigenvalue weighted by atomic mass is 10.1. The molecule has 0 aliphatic heterocycles. The molecule has 0 unspecified atom stereocenters. The molecule has 0 bridgehead atoms. The molecule has 0 saturated heterocycles. The van der Waals surface area contributed by atoms with Crippen LogP contribution in [0.5, 0.6) is 11.5 Å². The van der Waals surface area contributed by atoms with Gasteiger partial charge in [0.1, 0.15) is 23.1 Å². The minimum atomic E-state index is 0.520. The van der Waals surface area contributed by atoms with Gasteiger partial charge in [-0.15, -0.1) is 0 Å². The van der Waals surface area contributed by atoms with E-state index in [4.69, 9.17) is 21.7 Å². The number of rotatable bonds is 8. The highest BCUT2D eigenvalue weighted by atomic mass is 32.1. The molecule has 0 heterocycles. The largest absolute Gasteiger partial charge is 0.497 e. The zero-order valence-electron chi connectivity index (χ0n) is 16.3. The molecule has 3 aromatic carbocycles. The Labute approximate surface area is 172 Å². The second-order valence-corrected chi connectivity index (χ2v) is 7.03. The summed E-state index contributed by atoms with van der Waals surface area (Å²) in [6, 6.07) is 24.3. The molecular weight excluding hydrogens is 366 g/mol. The smallest absolute Gasteiger partial charge is 0.129 e. The van der Waals surface area contributed by atoms with Crippen molar-refractivity contribution in [2.75, 3.05) is 13.7 Å². The lowest BCUT2D eigenvalue weighted by molar-refractivity contribution is 0.305. The number of hydrogen-bond donors (Lipinski definition) is 1. The number of aryl methyl sites for hydroxylation is 1. The van der Waals surface area contributed by atoms with Crippen LogP contribution in [0.25, 0.3) is 0 Å². The third kappa shape index (κ3) is 5.57. The van der Waals surface area contributed by atoms with Gasteiger partial charge in [-0.2, -0.15) is 0 Å².